The van der Waals surface area contributed by atoms with Crippen molar-refractivity contribution in [2.45, 2.75) is 13.0 Å². The van der Waals surface area contributed by atoms with Crippen molar-refractivity contribution in [2.75, 3.05) is 6.54 Å². The molecule has 96 valence electrons. The Morgan fingerprint density at radius 1 is 1.39 bits per heavy atom. The first-order valence-corrected chi connectivity index (χ1v) is 7.09. The third kappa shape index (κ3) is 3.10. The van der Waals surface area contributed by atoms with E-state index in [1.165, 1.54) is 10.9 Å². The van der Waals surface area contributed by atoms with Gasteiger partial charge in [0.05, 0.1) is 4.47 Å². The summed E-state index contributed by atoms with van der Waals surface area (Å²) in [6.45, 7) is 2.42. The average molecular weight is 330 g/mol. The minimum absolute atomic E-state index is 0.193. The highest BCUT2D eigenvalue weighted by molar-refractivity contribution is 9.10. The monoisotopic (exact) mass is 329 g/mol. The van der Waals surface area contributed by atoms with Gasteiger partial charge in [0, 0.05) is 16.3 Å². The molecule has 5 heteroatoms. The van der Waals surface area contributed by atoms with Crippen molar-refractivity contribution in [3.05, 3.63) is 50.4 Å². The van der Waals surface area contributed by atoms with Gasteiger partial charge in [-0.2, -0.15) is 0 Å². The molecule has 2 N–H and O–H groups in total. The maximum absolute atomic E-state index is 13.1. The Labute approximate surface area is 118 Å². The van der Waals surface area contributed by atoms with Crippen LogP contribution in [0.2, 0.25) is 0 Å². The van der Waals surface area contributed by atoms with Crippen LogP contribution in [0.5, 0.6) is 5.75 Å². The number of hydrogen-bond donors (Lipinski definition) is 1. The normalized spacial score (nSPS) is 12.4. The van der Waals surface area contributed by atoms with Crippen LogP contribution in [0.1, 0.15) is 15.9 Å². The van der Waals surface area contributed by atoms with Gasteiger partial charge in [-0.15, -0.1) is 11.3 Å². The number of thiophene rings is 1. The van der Waals surface area contributed by atoms with E-state index in [1.807, 2.05) is 19.1 Å². The van der Waals surface area contributed by atoms with E-state index in [4.69, 9.17) is 10.5 Å². The fourth-order valence-corrected chi connectivity index (χ4v) is 2.84. The Morgan fingerprint density at radius 2 is 2.17 bits per heavy atom. The molecule has 0 aliphatic heterocycles. The topological polar surface area (TPSA) is 35.2 Å². The van der Waals surface area contributed by atoms with E-state index in [2.05, 4.69) is 15.9 Å². The number of rotatable bonds is 4. The Bertz CT molecular complexity index is 544. The summed E-state index contributed by atoms with van der Waals surface area (Å²) in [5.74, 6) is 0.295. The molecule has 0 amide bonds. The lowest BCUT2D eigenvalue weighted by atomic mass is 10.2. The third-order valence-electron chi connectivity index (χ3n) is 2.46. The Balaban J connectivity index is 2.17. The summed E-state index contributed by atoms with van der Waals surface area (Å²) >= 11 is 4.79. The summed E-state index contributed by atoms with van der Waals surface area (Å²) in [6.07, 6.45) is -0.193. The van der Waals surface area contributed by atoms with Crippen molar-refractivity contribution in [2.24, 2.45) is 5.73 Å². The van der Waals surface area contributed by atoms with E-state index >= 15 is 0 Å². The molecular weight excluding hydrogens is 317 g/mol. The molecule has 0 aliphatic rings. The van der Waals surface area contributed by atoms with E-state index in [1.54, 1.807) is 23.5 Å². The van der Waals surface area contributed by atoms with Crippen molar-refractivity contribution in [3.8, 4) is 5.75 Å². The van der Waals surface area contributed by atoms with Crippen molar-refractivity contribution < 1.29 is 9.13 Å². The summed E-state index contributed by atoms with van der Waals surface area (Å²) in [7, 11) is 0. The SMILES string of the molecule is Cc1ccc(C(CN)Oc2ccc(F)c(Br)c2)s1. The molecule has 2 aromatic rings. The van der Waals surface area contributed by atoms with Gasteiger partial charge >= 0.3 is 0 Å². The van der Waals surface area contributed by atoms with Gasteiger partial charge in [0.2, 0.25) is 0 Å². The van der Waals surface area contributed by atoms with Crippen LogP contribution in [0.3, 0.4) is 0 Å². The maximum atomic E-state index is 13.1. The molecule has 1 aromatic carbocycles. The van der Waals surface area contributed by atoms with E-state index in [0.717, 1.165) is 4.88 Å². The lowest BCUT2D eigenvalue weighted by Crippen LogP contribution is -2.17. The molecular formula is C13H13BrFNOS. The minimum Gasteiger partial charge on any atom is -0.484 e. The molecule has 1 heterocycles. The van der Waals surface area contributed by atoms with Crippen molar-refractivity contribution in [1.82, 2.24) is 0 Å². The molecule has 18 heavy (non-hydrogen) atoms. The quantitative estimate of drug-likeness (QED) is 0.918. The summed E-state index contributed by atoms with van der Waals surface area (Å²) in [5.41, 5.74) is 5.73. The molecule has 0 spiro atoms. The second kappa shape index (κ2) is 5.82. The van der Waals surface area contributed by atoms with Crippen LogP contribution in [0.25, 0.3) is 0 Å². The van der Waals surface area contributed by atoms with Crippen LogP contribution in [-0.2, 0) is 0 Å². The van der Waals surface area contributed by atoms with Gasteiger partial charge in [-0.05, 0) is 53.2 Å². The average Bonchev–Trinajstić information content (AvgIpc) is 2.77. The summed E-state index contributed by atoms with van der Waals surface area (Å²) in [6, 6.07) is 8.62. The van der Waals surface area contributed by atoms with Crippen LogP contribution in [0.4, 0.5) is 4.39 Å². The standard InChI is InChI=1S/C13H13BrFNOS/c1-8-2-5-13(18-8)12(7-16)17-9-3-4-11(15)10(14)6-9/h2-6,12H,7,16H2,1H3. The second-order valence-electron chi connectivity index (χ2n) is 3.87. The first-order valence-electron chi connectivity index (χ1n) is 5.48. The summed E-state index contributed by atoms with van der Waals surface area (Å²) < 4.78 is 19.3. The zero-order chi connectivity index (χ0) is 13.1. The van der Waals surface area contributed by atoms with Crippen molar-refractivity contribution in [3.63, 3.8) is 0 Å². The number of halogens is 2. The lowest BCUT2D eigenvalue weighted by molar-refractivity contribution is 0.217. The zero-order valence-corrected chi connectivity index (χ0v) is 12.2. The van der Waals surface area contributed by atoms with Gasteiger partial charge in [-0.1, -0.05) is 0 Å². The van der Waals surface area contributed by atoms with Gasteiger partial charge in [-0.25, -0.2) is 4.39 Å². The van der Waals surface area contributed by atoms with E-state index in [9.17, 15) is 4.39 Å². The molecule has 0 bridgehead atoms. The van der Waals surface area contributed by atoms with E-state index < -0.39 is 0 Å². The molecule has 0 saturated heterocycles. The highest BCUT2D eigenvalue weighted by Crippen LogP contribution is 2.29. The van der Waals surface area contributed by atoms with Crippen LogP contribution in [-0.4, -0.2) is 6.54 Å². The maximum Gasteiger partial charge on any atom is 0.145 e. The Hall–Kier alpha value is -0.910. The van der Waals surface area contributed by atoms with E-state index in [0.29, 0.717) is 16.8 Å². The molecule has 2 nitrogen and oxygen atoms in total. The van der Waals surface area contributed by atoms with Crippen molar-refractivity contribution >= 4 is 27.3 Å². The predicted molar refractivity (Wildman–Crippen MR) is 75.6 cm³/mol. The van der Waals surface area contributed by atoms with Gasteiger partial charge in [0.15, 0.2) is 0 Å². The second-order valence-corrected chi connectivity index (χ2v) is 6.04. The van der Waals surface area contributed by atoms with Crippen LogP contribution < -0.4 is 10.5 Å². The van der Waals surface area contributed by atoms with Crippen LogP contribution >= 0.6 is 27.3 Å². The largest absolute Gasteiger partial charge is 0.484 e. The number of ether oxygens (including phenoxy) is 1. The van der Waals surface area contributed by atoms with Gasteiger partial charge in [-0.3, -0.25) is 0 Å². The molecule has 2 rings (SSSR count). The molecule has 1 aromatic heterocycles. The highest BCUT2D eigenvalue weighted by Gasteiger charge is 2.14. The van der Waals surface area contributed by atoms with Crippen LogP contribution in [0.15, 0.2) is 34.8 Å². The Kier molecular flexibility index (Phi) is 4.37. The molecule has 0 fully saturated rings. The van der Waals surface area contributed by atoms with Gasteiger partial charge in [0.25, 0.3) is 0 Å². The van der Waals surface area contributed by atoms with Crippen molar-refractivity contribution in [1.29, 1.82) is 0 Å². The first kappa shape index (κ1) is 13.5. The molecule has 0 radical (unpaired) electrons. The van der Waals surface area contributed by atoms with Gasteiger partial charge < -0.3 is 10.5 Å². The zero-order valence-electron chi connectivity index (χ0n) is 9.82. The molecule has 1 atom stereocenters. The van der Waals surface area contributed by atoms with E-state index in [-0.39, 0.29) is 11.9 Å². The first-order chi connectivity index (χ1) is 8.60. The summed E-state index contributed by atoms with van der Waals surface area (Å²) in [5, 5.41) is 0. The minimum atomic E-state index is -0.307. The number of nitrogens with two attached hydrogens (primary N) is 1. The third-order valence-corrected chi connectivity index (χ3v) is 4.16. The fraction of sp³-hybridized carbons (Fsp3) is 0.231. The molecule has 0 aliphatic carbocycles. The molecule has 1 unspecified atom stereocenters. The smallest absolute Gasteiger partial charge is 0.145 e. The Morgan fingerprint density at radius 3 is 2.72 bits per heavy atom. The number of hydrogen-bond acceptors (Lipinski definition) is 3. The summed E-state index contributed by atoms with van der Waals surface area (Å²) in [4.78, 5) is 2.29. The molecule has 0 saturated carbocycles. The number of aryl methyl sites for hydroxylation is 1. The van der Waals surface area contributed by atoms with Crippen LogP contribution in [0, 0.1) is 12.7 Å². The predicted octanol–water partition coefficient (Wildman–Crippen LogP) is 4.04. The lowest BCUT2D eigenvalue weighted by Gasteiger charge is -2.16. The number of benzene rings is 1. The fourth-order valence-electron chi connectivity index (χ4n) is 1.56. The highest BCUT2D eigenvalue weighted by atomic mass is 79.9. The van der Waals surface area contributed by atoms with Gasteiger partial charge in [0.1, 0.15) is 17.7 Å².